The molecular formula is C30H27N. The normalized spacial score (nSPS) is 12.9. The quantitative estimate of drug-likeness (QED) is 0.311. The Morgan fingerprint density at radius 3 is 2.16 bits per heavy atom. The van der Waals surface area contributed by atoms with Crippen molar-refractivity contribution in [3.8, 4) is 16.8 Å². The number of rotatable bonds is 2. The summed E-state index contributed by atoms with van der Waals surface area (Å²) in [5, 5.41) is 6.40. The van der Waals surface area contributed by atoms with Crippen molar-refractivity contribution < 1.29 is 0 Å². The molecule has 152 valence electrons. The van der Waals surface area contributed by atoms with Crippen LogP contribution < -0.4 is 10.6 Å². The topological polar surface area (TPSA) is 4.93 Å². The SMILES string of the molecule is C/C=c1\c(=C/C)n(-c2cc(C)cc(C)c2)c2ccc(-c3cccc4ccccc34)cc12. The van der Waals surface area contributed by atoms with E-state index in [1.165, 1.54) is 60.2 Å². The van der Waals surface area contributed by atoms with Crippen molar-refractivity contribution in [3.63, 3.8) is 0 Å². The number of hydrogen-bond acceptors (Lipinski definition) is 0. The maximum Gasteiger partial charge on any atom is 0.0541 e. The molecule has 0 atom stereocenters. The molecule has 1 nitrogen and oxygen atoms in total. The summed E-state index contributed by atoms with van der Waals surface area (Å²) in [5.74, 6) is 0. The van der Waals surface area contributed by atoms with Crippen molar-refractivity contribution in [1.29, 1.82) is 0 Å². The van der Waals surface area contributed by atoms with Crippen LogP contribution in [0.4, 0.5) is 0 Å². The highest BCUT2D eigenvalue weighted by Crippen LogP contribution is 2.30. The van der Waals surface area contributed by atoms with Gasteiger partial charge in [0.05, 0.1) is 5.52 Å². The third kappa shape index (κ3) is 3.18. The van der Waals surface area contributed by atoms with Crippen LogP contribution in [0.5, 0.6) is 0 Å². The van der Waals surface area contributed by atoms with Crippen LogP contribution in [-0.4, -0.2) is 4.57 Å². The molecule has 0 bridgehead atoms. The van der Waals surface area contributed by atoms with Gasteiger partial charge in [-0.05, 0) is 85.0 Å². The largest absolute Gasteiger partial charge is 0.310 e. The highest BCUT2D eigenvalue weighted by atomic mass is 15.0. The van der Waals surface area contributed by atoms with Crippen LogP contribution in [0.2, 0.25) is 0 Å². The van der Waals surface area contributed by atoms with Gasteiger partial charge in [-0.2, -0.15) is 0 Å². The molecule has 1 heteroatoms. The number of aryl methyl sites for hydroxylation is 2. The van der Waals surface area contributed by atoms with Crippen molar-refractivity contribution in [2.24, 2.45) is 0 Å². The maximum absolute atomic E-state index is 2.40. The first-order valence-corrected chi connectivity index (χ1v) is 10.9. The second kappa shape index (κ2) is 7.59. The Kier molecular flexibility index (Phi) is 4.75. The lowest BCUT2D eigenvalue weighted by Crippen LogP contribution is -2.27. The van der Waals surface area contributed by atoms with Crippen LogP contribution in [0.15, 0.2) is 78.9 Å². The summed E-state index contributed by atoms with van der Waals surface area (Å²) in [7, 11) is 0. The van der Waals surface area contributed by atoms with Crippen molar-refractivity contribution in [2.45, 2.75) is 27.7 Å². The third-order valence-corrected chi connectivity index (χ3v) is 6.17. The predicted octanol–water partition coefficient (Wildman–Crippen LogP) is 6.67. The van der Waals surface area contributed by atoms with Gasteiger partial charge in [-0.3, -0.25) is 0 Å². The standard InChI is InChI=1S/C30H27N/c1-5-25-28-19-23(27-13-9-11-22-10-7-8-12-26(22)27)14-15-30(28)31(29(25)6-2)24-17-20(3)16-21(4)18-24/h5-19H,1-4H3/b25-5-,29-6+. The minimum absolute atomic E-state index is 1.22. The zero-order valence-corrected chi connectivity index (χ0v) is 18.6. The van der Waals surface area contributed by atoms with Gasteiger partial charge in [0.1, 0.15) is 0 Å². The van der Waals surface area contributed by atoms with E-state index in [4.69, 9.17) is 0 Å². The lowest BCUT2D eigenvalue weighted by molar-refractivity contribution is 1.06. The van der Waals surface area contributed by atoms with Gasteiger partial charge in [0, 0.05) is 21.6 Å². The maximum atomic E-state index is 2.40. The van der Waals surface area contributed by atoms with Crippen molar-refractivity contribution in [2.75, 3.05) is 0 Å². The zero-order valence-electron chi connectivity index (χ0n) is 18.6. The van der Waals surface area contributed by atoms with E-state index >= 15 is 0 Å². The van der Waals surface area contributed by atoms with Crippen LogP contribution in [0.1, 0.15) is 25.0 Å². The predicted molar refractivity (Wildman–Crippen MR) is 135 cm³/mol. The van der Waals surface area contributed by atoms with E-state index < -0.39 is 0 Å². The fourth-order valence-electron chi connectivity index (χ4n) is 4.93. The molecule has 1 aromatic heterocycles. The Hall–Kier alpha value is -3.58. The van der Waals surface area contributed by atoms with E-state index in [2.05, 4.69) is 123 Å². The molecule has 0 spiro atoms. The fraction of sp³-hybridized carbons (Fsp3) is 0.133. The second-order valence-electron chi connectivity index (χ2n) is 8.32. The molecule has 0 aliphatic rings. The van der Waals surface area contributed by atoms with Gasteiger partial charge >= 0.3 is 0 Å². The molecule has 0 radical (unpaired) electrons. The van der Waals surface area contributed by atoms with Crippen LogP contribution in [-0.2, 0) is 0 Å². The number of fused-ring (bicyclic) bond motifs is 2. The molecule has 0 aliphatic carbocycles. The van der Waals surface area contributed by atoms with Crippen LogP contribution >= 0.6 is 0 Å². The summed E-state index contributed by atoms with van der Waals surface area (Å²) in [6.45, 7) is 8.61. The molecule has 0 amide bonds. The first kappa shape index (κ1) is 19.4. The van der Waals surface area contributed by atoms with E-state index in [9.17, 15) is 0 Å². The Morgan fingerprint density at radius 2 is 1.42 bits per heavy atom. The average molecular weight is 402 g/mol. The summed E-state index contributed by atoms with van der Waals surface area (Å²) in [6.07, 6.45) is 4.47. The first-order chi connectivity index (χ1) is 15.1. The van der Waals surface area contributed by atoms with Crippen molar-refractivity contribution in [1.82, 2.24) is 4.57 Å². The molecule has 0 saturated carbocycles. The molecule has 5 aromatic rings. The van der Waals surface area contributed by atoms with Gasteiger partial charge in [0.15, 0.2) is 0 Å². The van der Waals surface area contributed by atoms with Crippen LogP contribution in [0.3, 0.4) is 0 Å². The van der Waals surface area contributed by atoms with E-state index in [0.29, 0.717) is 0 Å². The Labute approximate surface area is 183 Å². The van der Waals surface area contributed by atoms with Gasteiger partial charge in [-0.25, -0.2) is 0 Å². The van der Waals surface area contributed by atoms with E-state index in [1.807, 2.05) is 0 Å². The molecule has 0 unspecified atom stereocenters. The van der Waals surface area contributed by atoms with Crippen LogP contribution in [0.25, 0.3) is 50.6 Å². The molecule has 1 heterocycles. The van der Waals surface area contributed by atoms with E-state index in [-0.39, 0.29) is 0 Å². The molecule has 0 aliphatic heterocycles. The van der Waals surface area contributed by atoms with Gasteiger partial charge < -0.3 is 4.57 Å². The Morgan fingerprint density at radius 1 is 0.677 bits per heavy atom. The number of aromatic nitrogens is 1. The molecular weight excluding hydrogens is 374 g/mol. The van der Waals surface area contributed by atoms with Gasteiger partial charge in [0.25, 0.3) is 0 Å². The Balaban J connectivity index is 1.85. The molecule has 4 aromatic carbocycles. The number of hydrogen-bond donors (Lipinski definition) is 0. The fourth-order valence-corrected chi connectivity index (χ4v) is 4.93. The highest BCUT2D eigenvalue weighted by Gasteiger charge is 2.12. The average Bonchev–Trinajstić information content (AvgIpc) is 3.10. The smallest absolute Gasteiger partial charge is 0.0541 e. The van der Waals surface area contributed by atoms with Gasteiger partial charge in [-0.15, -0.1) is 0 Å². The summed E-state index contributed by atoms with van der Waals surface area (Å²) in [6, 6.07) is 28.9. The first-order valence-electron chi connectivity index (χ1n) is 10.9. The minimum atomic E-state index is 1.22. The monoisotopic (exact) mass is 401 g/mol. The number of benzene rings is 4. The summed E-state index contributed by atoms with van der Waals surface area (Å²) >= 11 is 0. The minimum Gasteiger partial charge on any atom is -0.310 e. The van der Waals surface area contributed by atoms with E-state index in [0.717, 1.165) is 0 Å². The summed E-state index contributed by atoms with van der Waals surface area (Å²) in [4.78, 5) is 0. The van der Waals surface area contributed by atoms with Crippen LogP contribution in [0, 0.1) is 13.8 Å². The van der Waals surface area contributed by atoms with Gasteiger partial charge in [-0.1, -0.05) is 66.7 Å². The Bertz CT molecular complexity index is 1540. The molecule has 5 rings (SSSR count). The summed E-state index contributed by atoms with van der Waals surface area (Å²) < 4.78 is 2.40. The van der Waals surface area contributed by atoms with Gasteiger partial charge in [0.2, 0.25) is 0 Å². The lowest BCUT2D eigenvalue weighted by atomic mass is 9.97. The highest BCUT2D eigenvalue weighted by molar-refractivity contribution is 5.99. The van der Waals surface area contributed by atoms with Crippen molar-refractivity contribution >= 4 is 33.8 Å². The molecule has 31 heavy (non-hydrogen) atoms. The third-order valence-electron chi connectivity index (χ3n) is 6.17. The number of nitrogens with zero attached hydrogens (tertiary/aromatic N) is 1. The summed E-state index contributed by atoms with van der Waals surface area (Å²) in [5.41, 5.74) is 7.58. The van der Waals surface area contributed by atoms with Crippen molar-refractivity contribution in [3.05, 3.63) is 101 Å². The molecule has 0 fully saturated rings. The molecule has 0 N–H and O–H groups in total. The zero-order chi connectivity index (χ0) is 21.5. The lowest BCUT2D eigenvalue weighted by Gasteiger charge is -2.11. The van der Waals surface area contributed by atoms with E-state index in [1.54, 1.807) is 0 Å². The second-order valence-corrected chi connectivity index (χ2v) is 8.32. The molecule has 0 saturated heterocycles.